The number of amides is 1. The quantitative estimate of drug-likeness (QED) is 0.397. The third-order valence-electron chi connectivity index (χ3n) is 6.51. The first-order valence-corrected chi connectivity index (χ1v) is 12.7. The van der Waals surface area contributed by atoms with Gasteiger partial charge in [-0.1, -0.05) is 36.4 Å². The monoisotopic (exact) mass is 489 g/mol. The van der Waals surface area contributed by atoms with Gasteiger partial charge in [0.15, 0.2) is 0 Å². The van der Waals surface area contributed by atoms with Gasteiger partial charge < -0.3 is 15.0 Å². The van der Waals surface area contributed by atoms with Crippen LogP contribution in [-0.2, 0) is 6.54 Å². The van der Waals surface area contributed by atoms with Crippen molar-refractivity contribution >= 4 is 5.91 Å². The molecule has 0 saturated carbocycles. The van der Waals surface area contributed by atoms with Gasteiger partial charge in [-0.3, -0.25) is 9.69 Å². The zero-order valence-corrected chi connectivity index (χ0v) is 21.3. The summed E-state index contributed by atoms with van der Waals surface area (Å²) in [6, 6.07) is 22.6. The summed E-state index contributed by atoms with van der Waals surface area (Å²) in [5, 5.41) is 2.99. The molecule has 5 nitrogen and oxygen atoms in total. The Labute approximate surface area is 213 Å². The van der Waals surface area contributed by atoms with E-state index >= 15 is 0 Å². The molecule has 0 spiro atoms. The lowest BCUT2D eigenvalue weighted by Crippen LogP contribution is -2.37. The molecule has 190 valence electrons. The first-order chi connectivity index (χ1) is 17.5. The number of nitrogens with one attached hydrogen (secondary N) is 1. The Kier molecular flexibility index (Phi) is 9.09. The molecular formula is C30H36FN3O2. The van der Waals surface area contributed by atoms with Crippen molar-refractivity contribution in [3.63, 3.8) is 0 Å². The van der Waals surface area contributed by atoms with Gasteiger partial charge in [-0.15, -0.1) is 0 Å². The molecule has 3 aromatic carbocycles. The van der Waals surface area contributed by atoms with Crippen molar-refractivity contribution in [1.29, 1.82) is 0 Å². The number of nitrogens with zero attached hydrogens (tertiary/aromatic N) is 2. The van der Waals surface area contributed by atoms with Crippen LogP contribution in [0.4, 0.5) is 4.39 Å². The molecule has 1 saturated heterocycles. The lowest BCUT2D eigenvalue weighted by molar-refractivity contribution is 0.0936. The molecule has 0 aliphatic carbocycles. The topological polar surface area (TPSA) is 44.8 Å². The van der Waals surface area contributed by atoms with Gasteiger partial charge in [0.1, 0.15) is 17.7 Å². The van der Waals surface area contributed by atoms with E-state index in [-0.39, 0.29) is 17.8 Å². The van der Waals surface area contributed by atoms with Crippen molar-refractivity contribution in [1.82, 2.24) is 15.1 Å². The first kappa shape index (κ1) is 25.9. The Hall–Kier alpha value is -3.22. The van der Waals surface area contributed by atoms with E-state index in [9.17, 15) is 9.18 Å². The van der Waals surface area contributed by atoms with Crippen LogP contribution in [-0.4, -0.2) is 62.1 Å². The van der Waals surface area contributed by atoms with Gasteiger partial charge in [0.05, 0.1) is 0 Å². The van der Waals surface area contributed by atoms with Crippen molar-refractivity contribution in [2.24, 2.45) is 0 Å². The van der Waals surface area contributed by atoms with E-state index in [0.29, 0.717) is 12.1 Å². The minimum atomic E-state index is -0.217. The second-order valence-corrected chi connectivity index (χ2v) is 9.74. The zero-order chi connectivity index (χ0) is 25.3. The van der Waals surface area contributed by atoms with E-state index in [0.717, 1.165) is 62.3 Å². The SMILES string of the molecule is CN(C)CCCNC(=O)c1cccc(OC2CCN(Cc3cccc(-c4ccc(F)cc4)c3)CC2)c1. The third kappa shape index (κ3) is 7.64. The second-order valence-electron chi connectivity index (χ2n) is 9.74. The van der Waals surface area contributed by atoms with Crippen molar-refractivity contribution in [3.8, 4) is 16.9 Å². The summed E-state index contributed by atoms with van der Waals surface area (Å²) in [7, 11) is 4.06. The lowest BCUT2D eigenvalue weighted by atomic mass is 10.0. The summed E-state index contributed by atoms with van der Waals surface area (Å²) < 4.78 is 19.5. The van der Waals surface area contributed by atoms with Crippen LogP contribution >= 0.6 is 0 Å². The molecule has 1 aliphatic heterocycles. The van der Waals surface area contributed by atoms with Gasteiger partial charge in [-0.05, 0) is 93.0 Å². The Morgan fingerprint density at radius 3 is 2.50 bits per heavy atom. The van der Waals surface area contributed by atoms with Crippen molar-refractivity contribution in [2.75, 3.05) is 40.3 Å². The largest absolute Gasteiger partial charge is 0.490 e. The normalized spacial score (nSPS) is 14.7. The highest BCUT2D eigenvalue weighted by Crippen LogP contribution is 2.24. The Bertz CT molecular complexity index is 1130. The summed E-state index contributed by atoms with van der Waals surface area (Å²) in [5.41, 5.74) is 4.01. The molecule has 0 radical (unpaired) electrons. The highest BCUT2D eigenvalue weighted by atomic mass is 19.1. The van der Waals surface area contributed by atoms with E-state index in [1.54, 1.807) is 0 Å². The fourth-order valence-corrected chi connectivity index (χ4v) is 4.54. The van der Waals surface area contributed by atoms with E-state index in [2.05, 4.69) is 39.4 Å². The first-order valence-electron chi connectivity index (χ1n) is 12.7. The molecule has 4 rings (SSSR count). The molecule has 3 aromatic rings. The summed E-state index contributed by atoms with van der Waals surface area (Å²) in [6.45, 7) is 4.40. The Morgan fingerprint density at radius 1 is 1.00 bits per heavy atom. The van der Waals surface area contributed by atoms with Crippen LogP contribution in [0.25, 0.3) is 11.1 Å². The number of carbonyl (C=O) groups is 1. The number of ether oxygens (including phenoxy) is 1. The van der Waals surface area contributed by atoms with Gasteiger partial charge in [-0.2, -0.15) is 0 Å². The summed E-state index contributed by atoms with van der Waals surface area (Å²) in [5.74, 6) is 0.476. The number of hydrogen-bond acceptors (Lipinski definition) is 4. The van der Waals surface area contributed by atoms with Gasteiger partial charge in [0.2, 0.25) is 0 Å². The summed E-state index contributed by atoms with van der Waals surface area (Å²) in [4.78, 5) is 17.0. The average molecular weight is 490 g/mol. The maximum Gasteiger partial charge on any atom is 0.251 e. The number of piperidine rings is 1. The number of rotatable bonds is 10. The van der Waals surface area contributed by atoms with Crippen LogP contribution in [0.5, 0.6) is 5.75 Å². The smallest absolute Gasteiger partial charge is 0.251 e. The third-order valence-corrected chi connectivity index (χ3v) is 6.51. The second kappa shape index (κ2) is 12.7. The molecule has 6 heteroatoms. The molecule has 0 unspecified atom stereocenters. The molecule has 36 heavy (non-hydrogen) atoms. The number of benzene rings is 3. The van der Waals surface area contributed by atoms with Gasteiger partial charge in [0, 0.05) is 31.7 Å². The van der Waals surface area contributed by atoms with Crippen LogP contribution in [0.2, 0.25) is 0 Å². The van der Waals surface area contributed by atoms with E-state index in [4.69, 9.17) is 4.74 Å². The van der Waals surface area contributed by atoms with E-state index < -0.39 is 0 Å². The molecule has 1 heterocycles. The predicted octanol–water partition coefficient (Wildman–Crippen LogP) is 5.22. The highest BCUT2D eigenvalue weighted by Gasteiger charge is 2.21. The minimum absolute atomic E-state index is 0.0584. The van der Waals surface area contributed by atoms with Gasteiger partial charge in [0.25, 0.3) is 5.91 Å². The fourth-order valence-electron chi connectivity index (χ4n) is 4.54. The maximum atomic E-state index is 13.3. The van der Waals surface area contributed by atoms with Crippen molar-refractivity contribution in [3.05, 3.63) is 89.7 Å². The van der Waals surface area contributed by atoms with Crippen molar-refractivity contribution in [2.45, 2.75) is 31.9 Å². The van der Waals surface area contributed by atoms with Crippen molar-refractivity contribution < 1.29 is 13.9 Å². The highest BCUT2D eigenvalue weighted by molar-refractivity contribution is 5.94. The van der Waals surface area contributed by atoms with Crippen LogP contribution in [0.15, 0.2) is 72.8 Å². The lowest BCUT2D eigenvalue weighted by Gasteiger charge is -2.32. The molecule has 0 atom stereocenters. The predicted molar refractivity (Wildman–Crippen MR) is 143 cm³/mol. The standard InChI is InChI=1S/C30H36FN3O2/c1-33(2)17-5-16-32-30(35)26-8-4-9-29(21-26)36-28-14-18-34(19-15-28)22-23-6-3-7-25(20-23)24-10-12-27(31)13-11-24/h3-4,6-13,20-21,28H,5,14-19,22H2,1-2H3,(H,32,35). The van der Waals surface area contributed by atoms with Crippen LogP contribution in [0, 0.1) is 5.82 Å². The number of carbonyl (C=O) groups excluding carboxylic acids is 1. The minimum Gasteiger partial charge on any atom is -0.490 e. The zero-order valence-electron chi connectivity index (χ0n) is 21.3. The van der Waals surface area contributed by atoms with Gasteiger partial charge >= 0.3 is 0 Å². The molecule has 0 aromatic heterocycles. The molecule has 1 N–H and O–H groups in total. The van der Waals surface area contributed by atoms with Gasteiger partial charge in [-0.25, -0.2) is 4.39 Å². The molecule has 1 aliphatic rings. The molecular weight excluding hydrogens is 453 g/mol. The summed E-state index contributed by atoms with van der Waals surface area (Å²) >= 11 is 0. The Morgan fingerprint density at radius 2 is 1.75 bits per heavy atom. The summed E-state index contributed by atoms with van der Waals surface area (Å²) in [6.07, 6.45) is 2.95. The van der Waals surface area contributed by atoms with Crippen LogP contribution < -0.4 is 10.1 Å². The van der Waals surface area contributed by atoms with E-state index in [1.807, 2.05) is 50.5 Å². The molecule has 1 fully saturated rings. The van der Waals surface area contributed by atoms with E-state index in [1.165, 1.54) is 17.7 Å². The molecule has 0 bridgehead atoms. The fraction of sp³-hybridized carbons (Fsp3) is 0.367. The molecule has 1 amide bonds. The number of likely N-dealkylation sites (tertiary alicyclic amines) is 1. The average Bonchev–Trinajstić information content (AvgIpc) is 2.88. The number of hydrogen-bond donors (Lipinski definition) is 1. The maximum absolute atomic E-state index is 13.3. The number of halogens is 1. The van der Waals surface area contributed by atoms with Crippen LogP contribution in [0.3, 0.4) is 0 Å². The Balaban J connectivity index is 1.25. The van der Waals surface area contributed by atoms with Crippen LogP contribution in [0.1, 0.15) is 35.2 Å².